The van der Waals surface area contributed by atoms with Crippen LogP contribution in [0.1, 0.15) is 31.7 Å². The van der Waals surface area contributed by atoms with Crippen molar-refractivity contribution >= 4 is 27.5 Å². The maximum absolute atomic E-state index is 6.30. The number of rotatable bonds is 1. The Morgan fingerprint density at radius 1 is 1.35 bits per heavy atom. The van der Waals surface area contributed by atoms with E-state index >= 15 is 0 Å². The van der Waals surface area contributed by atoms with Crippen LogP contribution in [0.15, 0.2) is 32.7 Å². The van der Waals surface area contributed by atoms with Crippen LogP contribution >= 0.6 is 15.9 Å². The zero-order chi connectivity index (χ0) is 16.0. The highest BCUT2D eigenvalue weighted by Gasteiger charge is 2.47. The quantitative estimate of drug-likeness (QED) is 0.817. The molecule has 3 heterocycles. The van der Waals surface area contributed by atoms with E-state index in [-0.39, 0.29) is 6.10 Å². The van der Waals surface area contributed by atoms with Crippen molar-refractivity contribution in [2.24, 2.45) is 21.6 Å². The van der Waals surface area contributed by atoms with Gasteiger partial charge < -0.3 is 15.2 Å². The van der Waals surface area contributed by atoms with Crippen LogP contribution in [-0.4, -0.2) is 30.9 Å². The Labute approximate surface area is 144 Å². The smallest absolute Gasteiger partial charge is 0.185 e. The van der Waals surface area contributed by atoms with Gasteiger partial charge in [-0.05, 0) is 38.0 Å². The minimum atomic E-state index is -0.645. The zero-order valence-corrected chi connectivity index (χ0v) is 14.7. The number of amidine groups is 1. The normalized spacial score (nSPS) is 33.0. The predicted molar refractivity (Wildman–Crippen MR) is 93.1 cm³/mol. The largest absolute Gasteiger partial charge is 0.489 e. The first-order valence-electron chi connectivity index (χ1n) is 8.04. The van der Waals surface area contributed by atoms with Crippen molar-refractivity contribution in [1.29, 1.82) is 0 Å². The van der Waals surface area contributed by atoms with Gasteiger partial charge in [0.15, 0.2) is 5.66 Å². The summed E-state index contributed by atoms with van der Waals surface area (Å²) in [5, 5.41) is 0. The van der Waals surface area contributed by atoms with Gasteiger partial charge >= 0.3 is 0 Å². The predicted octanol–water partition coefficient (Wildman–Crippen LogP) is 3.01. The van der Waals surface area contributed by atoms with Gasteiger partial charge in [-0.2, -0.15) is 0 Å². The van der Waals surface area contributed by atoms with Crippen LogP contribution in [0.25, 0.3) is 0 Å². The molecule has 1 aromatic rings. The van der Waals surface area contributed by atoms with E-state index in [2.05, 4.69) is 15.9 Å². The van der Waals surface area contributed by atoms with E-state index in [4.69, 9.17) is 25.2 Å². The third kappa shape index (κ3) is 2.58. The molecule has 1 aromatic carbocycles. The molecule has 0 radical (unpaired) electrons. The average Bonchev–Trinajstić information content (AvgIpc) is 2.83. The van der Waals surface area contributed by atoms with E-state index in [1.54, 1.807) is 0 Å². The molecule has 0 aliphatic carbocycles. The number of nitrogens with two attached hydrogens (primary N) is 1. The number of hydrogen-bond donors (Lipinski definition) is 1. The summed E-state index contributed by atoms with van der Waals surface area (Å²) < 4.78 is 12.9. The number of nitrogens with zero attached hydrogens (tertiary/aromatic N) is 2. The lowest BCUT2D eigenvalue weighted by molar-refractivity contribution is -0.0166. The Kier molecular flexibility index (Phi) is 3.69. The second kappa shape index (κ2) is 5.60. The zero-order valence-electron chi connectivity index (χ0n) is 13.1. The molecule has 0 amide bonds. The third-order valence-electron chi connectivity index (χ3n) is 4.89. The molecule has 3 aliphatic rings. The molecule has 122 valence electrons. The van der Waals surface area contributed by atoms with Crippen LogP contribution in [0.5, 0.6) is 5.75 Å². The maximum Gasteiger partial charge on any atom is 0.185 e. The summed E-state index contributed by atoms with van der Waals surface area (Å²) in [6, 6.07) is 6.03. The fourth-order valence-electron chi connectivity index (χ4n) is 3.69. The Bertz CT molecular complexity index is 677. The summed E-state index contributed by atoms with van der Waals surface area (Å²) in [6.45, 7) is 3.51. The Hall–Kier alpha value is -1.40. The summed E-state index contributed by atoms with van der Waals surface area (Å²) in [7, 11) is 0. The van der Waals surface area contributed by atoms with Crippen molar-refractivity contribution in [3.63, 3.8) is 0 Å². The molecule has 0 saturated carbocycles. The van der Waals surface area contributed by atoms with E-state index in [1.165, 1.54) is 0 Å². The van der Waals surface area contributed by atoms with Gasteiger partial charge in [-0.15, -0.1) is 0 Å². The lowest BCUT2D eigenvalue weighted by Crippen LogP contribution is -2.42. The average molecular weight is 378 g/mol. The van der Waals surface area contributed by atoms with Crippen molar-refractivity contribution in [2.75, 3.05) is 13.2 Å². The van der Waals surface area contributed by atoms with E-state index in [1.807, 2.05) is 25.1 Å². The number of ether oxygens (including phenoxy) is 2. The summed E-state index contributed by atoms with van der Waals surface area (Å²) in [6.07, 6.45) is 2.96. The van der Waals surface area contributed by atoms with Crippen LogP contribution in [0, 0.1) is 5.92 Å². The SMILES string of the molecule is CC1=N[C@@]2(C[C@@H]([C@H]3CCCOC3)Oc3ccc(Br)cc32)N=C1N. The maximum atomic E-state index is 6.30. The highest BCUT2D eigenvalue weighted by Crippen LogP contribution is 2.48. The minimum absolute atomic E-state index is 0.0511. The standard InChI is InChI=1S/C17H20BrN3O2/c1-10-16(19)21-17(20-10)8-15(11-3-2-6-22-9-11)23-14-5-4-12(18)7-13(14)17/h4-5,7,11,15H,2-3,6,8-9H2,1H3,(H2,19,21)/t11-,15-,17-/m0/s1. The molecule has 5 nitrogen and oxygen atoms in total. The second-order valence-electron chi connectivity index (χ2n) is 6.49. The number of aliphatic imine (C=N–C) groups is 2. The molecule has 3 aliphatic heterocycles. The molecular formula is C17H20BrN3O2. The number of fused-ring (bicyclic) bond motifs is 2. The van der Waals surface area contributed by atoms with Gasteiger partial charge in [-0.3, -0.25) is 4.99 Å². The molecule has 0 bridgehead atoms. The summed E-state index contributed by atoms with van der Waals surface area (Å²) in [5.74, 6) is 1.76. The van der Waals surface area contributed by atoms with Crippen molar-refractivity contribution < 1.29 is 9.47 Å². The highest BCUT2D eigenvalue weighted by atomic mass is 79.9. The van der Waals surface area contributed by atoms with Crippen LogP contribution in [-0.2, 0) is 10.4 Å². The van der Waals surface area contributed by atoms with Gasteiger partial charge in [-0.25, -0.2) is 4.99 Å². The molecule has 23 heavy (non-hydrogen) atoms. The Balaban J connectivity index is 1.77. The fraction of sp³-hybridized carbons (Fsp3) is 0.529. The van der Waals surface area contributed by atoms with Gasteiger partial charge in [0.1, 0.15) is 17.7 Å². The van der Waals surface area contributed by atoms with Crippen LogP contribution in [0.4, 0.5) is 0 Å². The van der Waals surface area contributed by atoms with Crippen molar-refractivity contribution in [2.45, 2.75) is 38.0 Å². The monoisotopic (exact) mass is 377 g/mol. The number of halogens is 1. The first-order chi connectivity index (χ1) is 11.1. The minimum Gasteiger partial charge on any atom is -0.489 e. The Morgan fingerprint density at radius 2 is 2.22 bits per heavy atom. The highest BCUT2D eigenvalue weighted by molar-refractivity contribution is 9.10. The lowest BCUT2D eigenvalue weighted by atomic mass is 9.83. The third-order valence-corrected chi connectivity index (χ3v) is 5.38. The lowest BCUT2D eigenvalue weighted by Gasteiger charge is -2.40. The molecule has 3 atom stereocenters. The second-order valence-corrected chi connectivity index (χ2v) is 7.40. The summed E-state index contributed by atoms with van der Waals surface area (Å²) >= 11 is 3.54. The van der Waals surface area contributed by atoms with E-state index < -0.39 is 5.66 Å². The summed E-state index contributed by atoms with van der Waals surface area (Å²) in [4.78, 5) is 9.57. The van der Waals surface area contributed by atoms with Gasteiger partial charge in [0, 0.05) is 29.0 Å². The molecule has 4 rings (SSSR count). The van der Waals surface area contributed by atoms with Gasteiger partial charge in [0.05, 0.1) is 12.3 Å². The molecule has 2 N–H and O–H groups in total. The number of benzene rings is 1. The first-order valence-corrected chi connectivity index (χ1v) is 8.83. The Morgan fingerprint density at radius 3 is 2.91 bits per heavy atom. The first kappa shape index (κ1) is 15.1. The van der Waals surface area contributed by atoms with Crippen LogP contribution in [0.2, 0.25) is 0 Å². The molecule has 1 fully saturated rings. The molecular weight excluding hydrogens is 358 g/mol. The fourth-order valence-corrected chi connectivity index (χ4v) is 4.05. The molecule has 0 aromatic heterocycles. The topological polar surface area (TPSA) is 69.2 Å². The summed E-state index contributed by atoms with van der Waals surface area (Å²) in [5.41, 5.74) is 7.19. The van der Waals surface area contributed by atoms with E-state index in [9.17, 15) is 0 Å². The van der Waals surface area contributed by atoms with E-state index in [0.29, 0.717) is 18.2 Å². The number of hydrogen-bond acceptors (Lipinski definition) is 5. The van der Waals surface area contributed by atoms with Crippen molar-refractivity contribution in [3.05, 3.63) is 28.2 Å². The molecule has 0 unspecified atom stereocenters. The molecule has 6 heteroatoms. The van der Waals surface area contributed by atoms with Crippen LogP contribution < -0.4 is 10.5 Å². The van der Waals surface area contributed by atoms with Crippen LogP contribution in [0.3, 0.4) is 0 Å². The van der Waals surface area contributed by atoms with Crippen molar-refractivity contribution in [1.82, 2.24) is 0 Å². The molecule has 1 saturated heterocycles. The van der Waals surface area contributed by atoms with E-state index in [0.717, 1.165) is 47.6 Å². The van der Waals surface area contributed by atoms with Gasteiger partial charge in [0.2, 0.25) is 0 Å². The van der Waals surface area contributed by atoms with Gasteiger partial charge in [-0.1, -0.05) is 15.9 Å². The molecule has 1 spiro atoms. The van der Waals surface area contributed by atoms with Crippen molar-refractivity contribution in [3.8, 4) is 5.75 Å². The van der Waals surface area contributed by atoms with Gasteiger partial charge in [0.25, 0.3) is 0 Å².